The molecular formula is C44H55N5O3. The number of aliphatic hydroxyl groups excluding tert-OH is 1. The number of nitrogens with zero attached hydrogens (tertiary/aromatic N) is 1. The molecule has 2 heterocycles. The second-order valence-corrected chi connectivity index (χ2v) is 18.4. The highest BCUT2D eigenvalue weighted by atomic mass is 16.3. The van der Waals surface area contributed by atoms with Crippen LogP contribution >= 0.6 is 0 Å². The maximum atomic E-state index is 13.1. The fourth-order valence-corrected chi connectivity index (χ4v) is 14.2. The van der Waals surface area contributed by atoms with Gasteiger partial charge in [-0.2, -0.15) is 0 Å². The lowest BCUT2D eigenvalue weighted by Crippen LogP contribution is -2.57. The van der Waals surface area contributed by atoms with E-state index in [0.717, 1.165) is 50.5 Å². The highest BCUT2D eigenvalue weighted by Gasteiger charge is 2.72. The first kappa shape index (κ1) is 33.1. The fraction of sp³-hybridized carbons (Fsp3) is 0.614. The van der Waals surface area contributed by atoms with Crippen molar-refractivity contribution in [2.45, 2.75) is 113 Å². The van der Waals surface area contributed by atoms with Gasteiger partial charge in [-0.15, -0.1) is 0 Å². The lowest BCUT2D eigenvalue weighted by Gasteiger charge is -2.59. The Labute approximate surface area is 307 Å². The average molecular weight is 702 g/mol. The third-order valence-corrected chi connectivity index (χ3v) is 16.4. The molecule has 6 bridgehead atoms. The van der Waals surface area contributed by atoms with Crippen LogP contribution in [0.1, 0.15) is 94.9 Å². The molecule has 0 saturated heterocycles. The lowest BCUT2D eigenvalue weighted by molar-refractivity contribution is -0.128. The van der Waals surface area contributed by atoms with Gasteiger partial charge < -0.3 is 36.3 Å². The summed E-state index contributed by atoms with van der Waals surface area (Å²) in [5, 5.41) is 42.3. The molecule has 0 radical (unpaired) electrons. The normalized spacial score (nSPS) is 44.9. The fourth-order valence-electron chi connectivity index (χ4n) is 14.2. The van der Waals surface area contributed by atoms with Gasteiger partial charge in [0.05, 0.1) is 23.3 Å². The van der Waals surface area contributed by atoms with Crippen molar-refractivity contribution in [2.75, 3.05) is 7.05 Å². The summed E-state index contributed by atoms with van der Waals surface area (Å²) in [5.41, 5.74) is 10.6. The Hall–Kier alpha value is -3.51. The van der Waals surface area contributed by atoms with E-state index in [-0.39, 0.29) is 52.8 Å². The molecule has 2 spiro atoms. The molecule has 13 unspecified atom stereocenters. The van der Waals surface area contributed by atoms with Gasteiger partial charge in [-0.3, -0.25) is 4.99 Å². The van der Waals surface area contributed by atoms with Crippen LogP contribution in [-0.4, -0.2) is 61.6 Å². The minimum atomic E-state index is -1.42. The number of guanidine groups is 1. The van der Waals surface area contributed by atoms with E-state index in [1.807, 2.05) is 6.92 Å². The van der Waals surface area contributed by atoms with Gasteiger partial charge in [0.15, 0.2) is 5.96 Å². The maximum Gasteiger partial charge on any atom is 0.189 e. The smallest absolute Gasteiger partial charge is 0.189 e. The van der Waals surface area contributed by atoms with E-state index in [4.69, 9.17) is 5.73 Å². The Morgan fingerprint density at radius 2 is 1.88 bits per heavy atom. The van der Waals surface area contributed by atoms with E-state index >= 15 is 0 Å². The van der Waals surface area contributed by atoms with Crippen molar-refractivity contribution >= 4 is 16.9 Å². The summed E-state index contributed by atoms with van der Waals surface area (Å²) in [6.07, 6.45) is 12.2. The summed E-state index contributed by atoms with van der Waals surface area (Å²) in [7, 11) is 1.66. The first-order valence-corrected chi connectivity index (χ1v) is 20.1. The van der Waals surface area contributed by atoms with Crippen LogP contribution in [0.2, 0.25) is 0 Å². The van der Waals surface area contributed by atoms with Gasteiger partial charge in [0.1, 0.15) is 0 Å². The number of rotatable bonds is 4. The number of hydrogen-bond acceptors (Lipinski definition) is 4. The summed E-state index contributed by atoms with van der Waals surface area (Å²) in [6.45, 7) is 2.03. The van der Waals surface area contributed by atoms with E-state index in [0.29, 0.717) is 18.3 Å². The number of nitrogens with one attached hydrogen (secondary N) is 3. The molecule has 0 amide bonds. The van der Waals surface area contributed by atoms with Crippen molar-refractivity contribution < 1.29 is 15.3 Å². The number of H-pyrrole nitrogens is 2. The monoisotopic (exact) mass is 701 g/mol. The number of aromatic nitrogens is 2. The molecule has 8 N–H and O–H groups in total. The summed E-state index contributed by atoms with van der Waals surface area (Å²) in [5.74, 6) is 8.81. The Morgan fingerprint density at radius 1 is 1.02 bits per heavy atom. The molecule has 274 valence electrons. The largest absolute Gasteiger partial charge is 0.390 e. The molecule has 11 rings (SSSR count). The number of benzene rings is 1. The summed E-state index contributed by atoms with van der Waals surface area (Å²) >= 11 is 0. The topological polar surface area (TPSA) is 143 Å². The number of hydrogen-bond donors (Lipinski definition) is 7. The molecule has 3 aromatic rings. The second-order valence-electron chi connectivity index (χ2n) is 18.4. The van der Waals surface area contributed by atoms with Crippen LogP contribution in [-0.2, 0) is 6.42 Å². The van der Waals surface area contributed by atoms with Crippen LogP contribution in [0.25, 0.3) is 10.9 Å². The number of nitrogens with two attached hydrogens (primary N) is 1. The van der Waals surface area contributed by atoms with Gasteiger partial charge in [0.25, 0.3) is 0 Å². The first-order chi connectivity index (χ1) is 25.1. The molecular weight excluding hydrogens is 647 g/mol. The zero-order chi connectivity index (χ0) is 35.6. The molecule has 1 aromatic carbocycles. The third kappa shape index (κ3) is 4.54. The molecule has 8 aliphatic rings. The van der Waals surface area contributed by atoms with Gasteiger partial charge in [-0.1, -0.05) is 41.2 Å². The Morgan fingerprint density at radius 3 is 2.69 bits per heavy atom. The van der Waals surface area contributed by atoms with Crippen LogP contribution in [0.4, 0.5) is 0 Å². The number of fused-ring (bicyclic) bond motifs is 3. The molecule has 6 fully saturated rings. The second kappa shape index (κ2) is 11.5. The quantitative estimate of drug-likeness (QED) is 0.0782. The van der Waals surface area contributed by atoms with E-state index in [2.05, 4.69) is 80.8 Å². The summed E-state index contributed by atoms with van der Waals surface area (Å²) in [6, 6.07) is 14.9. The molecule has 8 heteroatoms. The van der Waals surface area contributed by atoms with E-state index in [9.17, 15) is 15.3 Å². The van der Waals surface area contributed by atoms with E-state index < -0.39 is 23.3 Å². The van der Waals surface area contributed by atoms with Gasteiger partial charge in [0.2, 0.25) is 0 Å². The van der Waals surface area contributed by atoms with Gasteiger partial charge in [-0.25, -0.2) is 0 Å². The highest BCUT2D eigenvalue weighted by Crippen LogP contribution is 2.74. The standard InChI is InChI=1S/C44H55N5O3/c1-41(51)27-10-13-33-39-35(41)20-38(50)44(39,52)24-29(49-40(45)46-2)11-9-28-22-42-16-15-26(21-42)31(37-8-5-17-47-37)12-14-32(42)34(43(28,33)23-27)19-30-18-25-6-3-4-7-36(25)48-30/h3-8,17-18,26-29,31,33,35,38-39,47-48,50-52H,10,12-16,19-24H2,1-2H3,(H3,45,46,49). The minimum Gasteiger partial charge on any atom is -0.390 e. The first-order valence-electron chi connectivity index (χ1n) is 20.1. The Kier molecular flexibility index (Phi) is 7.32. The lowest BCUT2D eigenvalue weighted by atomic mass is 9.44. The third-order valence-electron chi connectivity index (χ3n) is 16.4. The number of aromatic amines is 2. The van der Waals surface area contributed by atoms with Crippen LogP contribution in [0.5, 0.6) is 0 Å². The van der Waals surface area contributed by atoms with Crippen molar-refractivity contribution in [2.24, 2.45) is 57.1 Å². The Bertz CT molecular complexity index is 1990. The Balaban J connectivity index is 1.23. The van der Waals surface area contributed by atoms with Crippen LogP contribution in [0.3, 0.4) is 0 Å². The molecule has 52 heavy (non-hydrogen) atoms. The van der Waals surface area contributed by atoms with Gasteiger partial charge >= 0.3 is 0 Å². The number of aliphatic hydroxyl groups is 3. The zero-order valence-electron chi connectivity index (χ0n) is 30.7. The number of para-hydroxylation sites is 1. The zero-order valence-corrected chi connectivity index (χ0v) is 30.7. The molecule has 8 nitrogen and oxygen atoms in total. The minimum absolute atomic E-state index is 0.0583. The maximum absolute atomic E-state index is 13.1. The van der Waals surface area contributed by atoms with Crippen LogP contribution < -0.4 is 11.1 Å². The SMILES string of the molecule is CN=C(N)NC1C#CC2CC34CCC(C3)C(c3ccc[nH]3)CCC4=C(Cc3cc4ccccc4[nH]3)C23CC2CCC3C3C(CC(O)C3(O)C1)C2(C)O. The molecule has 8 aliphatic carbocycles. The predicted octanol–water partition coefficient (Wildman–Crippen LogP) is 5.92. The van der Waals surface area contributed by atoms with E-state index in [1.165, 1.54) is 36.0 Å². The average Bonchev–Trinajstić information content (AvgIpc) is 3.90. The van der Waals surface area contributed by atoms with E-state index in [1.54, 1.807) is 18.2 Å². The predicted molar refractivity (Wildman–Crippen MR) is 203 cm³/mol. The number of allylic oxidation sites excluding steroid dienone is 2. The molecule has 2 aromatic heterocycles. The van der Waals surface area contributed by atoms with Crippen molar-refractivity contribution in [3.05, 3.63) is 71.2 Å². The van der Waals surface area contributed by atoms with Crippen molar-refractivity contribution in [1.82, 2.24) is 15.3 Å². The molecule has 0 aliphatic heterocycles. The summed E-state index contributed by atoms with van der Waals surface area (Å²) < 4.78 is 0. The van der Waals surface area contributed by atoms with Crippen LogP contribution in [0.15, 0.2) is 64.8 Å². The molecule has 13 atom stereocenters. The van der Waals surface area contributed by atoms with Crippen molar-refractivity contribution in [3.8, 4) is 11.8 Å². The van der Waals surface area contributed by atoms with Crippen molar-refractivity contribution in [3.63, 3.8) is 0 Å². The van der Waals surface area contributed by atoms with Crippen molar-refractivity contribution in [1.29, 1.82) is 0 Å². The van der Waals surface area contributed by atoms with Gasteiger partial charge in [0, 0.05) is 60.2 Å². The summed E-state index contributed by atoms with van der Waals surface area (Å²) in [4.78, 5) is 11.6. The number of aliphatic imine (C=N–C) groups is 1. The molecule has 6 saturated carbocycles. The highest BCUT2D eigenvalue weighted by molar-refractivity contribution is 5.80. The van der Waals surface area contributed by atoms with Crippen LogP contribution in [0, 0.1) is 58.2 Å². The van der Waals surface area contributed by atoms with Gasteiger partial charge in [-0.05, 0) is 136 Å².